The molecule has 0 aliphatic heterocycles. The van der Waals surface area contributed by atoms with Gasteiger partial charge in [-0.2, -0.15) is 0 Å². The van der Waals surface area contributed by atoms with Crippen LogP contribution in [0.5, 0.6) is 5.75 Å². The number of hydrogen-bond donors (Lipinski definition) is 1. The van der Waals surface area contributed by atoms with E-state index in [1.807, 2.05) is 24.3 Å². The van der Waals surface area contributed by atoms with E-state index in [4.69, 9.17) is 9.84 Å². The number of rotatable bonds is 5. The van der Waals surface area contributed by atoms with Crippen molar-refractivity contribution in [1.29, 1.82) is 0 Å². The molecule has 0 aliphatic carbocycles. The van der Waals surface area contributed by atoms with Gasteiger partial charge in [0.1, 0.15) is 11.6 Å². The van der Waals surface area contributed by atoms with Gasteiger partial charge in [0.25, 0.3) is 0 Å². The van der Waals surface area contributed by atoms with Crippen LogP contribution in [-0.4, -0.2) is 18.2 Å². The molecule has 0 radical (unpaired) electrons. The molecular weight excluding hydrogens is 279 g/mol. The summed E-state index contributed by atoms with van der Waals surface area (Å²) >= 11 is 1.24. The summed E-state index contributed by atoms with van der Waals surface area (Å²) in [4.78, 5) is 11.2. The summed E-state index contributed by atoms with van der Waals surface area (Å²) in [5, 5.41) is 8.92. The van der Waals surface area contributed by atoms with Gasteiger partial charge >= 0.3 is 5.97 Å². The Bertz CT molecular complexity index is 628. The Hall–Kier alpha value is -2.01. The third-order valence-electron chi connectivity index (χ3n) is 2.75. The second-order valence-corrected chi connectivity index (χ2v) is 5.07. The summed E-state index contributed by atoms with van der Waals surface area (Å²) in [6.07, 6.45) is 0. The largest absolute Gasteiger partial charge is 0.496 e. The number of halogens is 1. The van der Waals surface area contributed by atoms with E-state index in [2.05, 4.69) is 0 Å². The van der Waals surface area contributed by atoms with E-state index in [0.717, 1.165) is 11.3 Å². The molecule has 104 valence electrons. The number of methoxy groups -OCH3 is 1. The van der Waals surface area contributed by atoms with Gasteiger partial charge in [0.05, 0.1) is 12.7 Å². The van der Waals surface area contributed by atoms with Gasteiger partial charge < -0.3 is 9.84 Å². The van der Waals surface area contributed by atoms with Crippen molar-refractivity contribution < 1.29 is 19.0 Å². The van der Waals surface area contributed by atoms with Gasteiger partial charge in [-0.25, -0.2) is 9.18 Å². The monoisotopic (exact) mass is 292 g/mol. The third-order valence-corrected chi connectivity index (χ3v) is 3.83. The summed E-state index contributed by atoms with van der Waals surface area (Å²) in [5.74, 6) is -0.252. The van der Waals surface area contributed by atoms with Crippen LogP contribution < -0.4 is 4.74 Å². The molecule has 0 spiro atoms. The number of para-hydroxylation sites is 1. The molecule has 3 nitrogen and oxygen atoms in total. The van der Waals surface area contributed by atoms with Gasteiger partial charge in [-0.05, 0) is 24.3 Å². The molecule has 0 bridgehead atoms. The Morgan fingerprint density at radius 2 is 2.05 bits per heavy atom. The van der Waals surface area contributed by atoms with Crippen LogP contribution in [0.2, 0.25) is 0 Å². The first-order valence-electron chi connectivity index (χ1n) is 5.89. The van der Waals surface area contributed by atoms with Crippen molar-refractivity contribution in [3.63, 3.8) is 0 Å². The van der Waals surface area contributed by atoms with E-state index in [-0.39, 0.29) is 5.56 Å². The maximum absolute atomic E-state index is 13.7. The molecule has 0 fully saturated rings. The fourth-order valence-electron chi connectivity index (χ4n) is 1.72. The lowest BCUT2D eigenvalue weighted by molar-refractivity contribution is 0.0696. The number of benzene rings is 2. The van der Waals surface area contributed by atoms with Gasteiger partial charge in [-0.15, -0.1) is 11.8 Å². The molecule has 0 heterocycles. The predicted molar refractivity (Wildman–Crippen MR) is 75.9 cm³/mol. The maximum atomic E-state index is 13.7. The van der Waals surface area contributed by atoms with Crippen molar-refractivity contribution in [1.82, 2.24) is 0 Å². The molecule has 2 rings (SSSR count). The average molecular weight is 292 g/mol. The first-order chi connectivity index (χ1) is 9.61. The summed E-state index contributed by atoms with van der Waals surface area (Å²) in [5.41, 5.74) is 1.01. The standard InChI is InChI=1S/C15H13FO3S/c1-19-13-5-3-2-4-11(13)9-20-14-8-10(15(17)18)6-7-12(14)16/h2-8H,9H2,1H3,(H,17,18). The van der Waals surface area contributed by atoms with Gasteiger partial charge in [0.15, 0.2) is 0 Å². The van der Waals surface area contributed by atoms with Gasteiger partial charge in [-0.3, -0.25) is 0 Å². The zero-order valence-electron chi connectivity index (χ0n) is 10.8. The Kier molecular flexibility index (Phi) is 4.63. The van der Waals surface area contributed by atoms with Gasteiger partial charge in [-0.1, -0.05) is 18.2 Å². The molecule has 0 atom stereocenters. The molecular formula is C15H13FO3S. The molecule has 1 N–H and O–H groups in total. The molecule has 0 aliphatic rings. The van der Waals surface area contributed by atoms with Crippen LogP contribution in [0.1, 0.15) is 15.9 Å². The summed E-state index contributed by atoms with van der Waals surface area (Å²) < 4.78 is 18.9. The first kappa shape index (κ1) is 14.4. The van der Waals surface area contributed by atoms with Crippen molar-refractivity contribution in [3.05, 3.63) is 59.4 Å². The van der Waals surface area contributed by atoms with E-state index < -0.39 is 11.8 Å². The summed E-state index contributed by atoms with van der Waals surface area (Å²) in [6, 6.07) is 11.2. The second-order valence-electron chi connectivity index (χ2n) is 4.05. The van der Waals surface area contributed by atoms with Crippen LogP contribution in [-0.2, 0) is 5.75 Å². The molecule has 0 saturated carbocycles. The SMILES string of the molecule is COc1ccccc1CSc1cc(C(=O)O)ccc1F. The molecule has 0 unspecified atom stereocenters. The van der Waals surface area contributed by atoms with Gasteiger partial charge in [0, 0.05) is 16.2 Å². The number of aromatic carboxylic acids is 1. The van der Waals surface area contributed by atoms with E-state index in [0.29, 0.717) is 10.6 Å². The lowest BCUT2D eigenvalue weighted by Gasteiger charge is -2.08. The number of carbonyl (C=O) groups is 1. The Morgan fingerprint density at radius 3 is 2.75 bits per heavy atom. The Balaban J connectivity index is 2.18. The lowest BCUT2D eigenvalue weighted by atomic mass is 10.2. The number of thioether (sulfide) groups is 1. The van der Waals surface area contributed by atoms with E-state index in [9.17, 15) is 9.18 Å². The molecule has 2 aromatic carbocycles. The Morgan fingerprint density at radius 1 is 1.30 bits per heavy atom. The average Bonchev–Trinajstić information content (AvgIpc) is 2.46. The molecule has 5 heteroatoms. The van der Waals surface area contributed by atoms with Crippen LogP contribution in [0, 0.1) is 5.82 Å². The van der Waals surface area contributed by atoms with E-state index in [1.165, 1.54) is 30.0 Å². The van der Waals surface area contributed by atoms with Crippen LogP contribution >= 0.6 is 11.8 Å². The lowest BCUT2D eigenvalue weighted by Crippen LogP contribution is -1.97. The van der Waals surface area contributed by atoms with Gasteiger partial charge in [0.2, 0.25) is 0 Å². The second kappa shape index (κ2) is 6.43. The highest BCUT2D eigenvalue weighted by Crippen LogP contribution is 2.30. The molecule has 2 aromatic rings. The van der Waals surface area contributed by atoms with E-state index >= 15 is 0 Å². The minimum Gasteiger partial charge on any atom is -0.496 e. The third kappa shape index (κ3) is 3.30. The van der Waals surface area contributed by atoms with Crippen molar-refractivity contribution >= 4 is 17.7 Å². The minimum atomic E-state index is -1.07. The first-order valence-corrected chi connectivity index (χ1v) is 6.88. The highest BCUT2D eigenvalue weighted by atomic mass is 32.2. The highest BCUT2D eigenvalue weighted by Gasteiger charge is 2.10. The molecule has 0 saturated heterocycles. The number of carboxylic acids is 1. The van der Waals surface area contributed by atoms with Crippen molar-refractivity contribution in [3.8, 4) is 5.75 Å². The zero-order chi connectivity index (χ0) is 14.5. The normalized spacial score (nSPS) is 10.3. The number of hydrogen-bond acceptors (Lipinski definition) is 3. The summed E-state index contributed by atoms with van der Waals surface area (Å²) in [7, 11) is 1.58. The number of ether oxygens (including phenoxy) is 1. The topological polar surface area (TPSA) is 46.5 Å². The molecule has 0 amide bonds. The van der Waals surface area contributed by atoms with Crippen LogP contribution in [0.3, 0.4) is 0 Å². The van der Waals surface area contributed by atoms with Crippen LogP contribution in [0.4, 0.5) is 4.39 Å². The van der Waals surface area contributed by atoms with Crippen molar-refractivity contribution in [2.24, 2.45) is 0 Å². The van der Waals surface area contributed by atoms with E-state index in [1.54, 1.807) is 7.11 Å². The smallest absolute Gasteiger partial charge is 0.335 e. The Labute approximate surface area is 120 Å². The molecule has 20 heavy (non-hydrogen) atoms. The highest BCUT2D eigenvalue weighted by molar-refractivity contribution is 7.98. The molecule has 0 aromatic heterocycles. The fraction of sp³-hybridized carbons (Fsp3) is 0.133. The number of carboxylic acid groups (broad SMARTS) is 1. The summed E-state index contributed by atoms with van der Waals surface area (Å²) in [6.45, 7) is 0. The zero-order valence-corrected chi connectivity index (χ0v) is 11.6. The van der Waals surface area contributed by atoms with Crippen LogP contribution in [0.15, 0.2) is 47.4 Å². The predicted octanol–water partition coefficient (Wildman–Crippen LogP) is 3.82. The quantitative estimate of drug-likeness (QED) is 0.851. The maximum Gasteiger partial charge on any atom is 0.335 e. The minimum absolute atomic E-state index is 0.0777. The van der Waals surface area contributed by atoms with Crippen molar-refractivity contribution in [2.75, 3.05) is 7.11 Å². The fourth-order valence-corrected chi connectivity index (χ4v) is 2.69. The van der Waals surface area contributed by atoms with Crippen molar-refractivity contribution in [2.45, 2.75) is 10.6 Å². The van der Waals surface area contributed by atoms with Crippen LogP contribution in [0.25, 0.3) is 0 Å².